The van der Waals surface area contributed by atoms with Crippen molar-refractivity contribution in [3.05, 3.63) is 62.8 Å². The Hall–Kier alpha value is -2.74. The summed E-state index contributed by atoms with van der Waals surface area (Å²) in [4.78, 5) is 25.4. The predicted octanol–water partition coefficient (Wildman–Crippen LogP) is 0.485. The summed E-state index contributed by atoms with van der Waals surface area (Å²) in [5, 5.41) is 10.7. The molecule has 0 atom stereocenters. The van der Waals surface area contributed by atoms with Crippen LogP contribution in [0.1, 0.15) is 5.69 Å². The molecule has 0 spiro atoms. The van der Waals surface area contributed by atoms with Crippen molar-refractivity contribution in [3.8, 4) is 0 Å². The summed E-state index contributed by atoms with van der Waals surface area (Å²) in [5.41, 5.74) is 2.74. The predicted molar refractivity (Wildman–Crippen MR) is 68.5 cm³/mol. The highest BCUT2D eigenvalue weighted by Crippen LogP contribution is 2.09. The molecule has 0 aromatic carbocycles. The summed E-state index contributed by atoms with van der Waals surface area (Å²) in [7, 11) is 0. The second-order valence-corrected chi connectivity index (χ2v) is 3.80. The molecule has 0 aliphatic carbocycles. The Morgan fingerprint density at radius 1 is 1.47 bits per heavy atom. The number of rotatable bonds is 4. The highest BCUT2D eigenvalue weighted by atomic mass is 16.6. The number of aromatic nitrogens is 2. The van der Waals surface area contributed by atoms with Crippen LogP contribution in [0.15, 0.2) is 41.6 Å². The third kappa shape index (κ3) is 2.93. The number of hydrazine groups is 1. The number of hydrogen-bond donors (Lipinski definition) is 2. The van der Waals surface area contributed by atoms with Crippen molar-refractivity contribution in [2.45, 2.75) is 6.54 Å². The lowest BCUT2D eigenvalue weighted by molar-refractivity contribution is -0.386. The van der Waals surface area contributed by atoms with E-state index >= 15 is 0 Å². The van der Waals surface area contributed by atoms with E-state index in [2.05, 4.69) is 10.4 Å². The average Bonchev–Trinajstić information content (AvgIpc) is 2.41. The Balaban J connectivity index is 2.30. The molecule has 98 valence electrons. The summed E-state index contributed by atoms with van der Waals surface area (Å²) >= 11 is 0. The maximum atomic E-state index is 11.3. The Kier molecular flexibility index (Phi) is 3.53. The van der Waals surface area contributed by atoms with Gasteiger partial charge >= 0.3 is 5.69 Å². The standard InChI is InChI=1S/C11H11N5O3/c12-14-8-1-3-13-9(5-8)6-15-4-2-11(17)10(7-15)16(18)19/h1-5,7H,6,12H2,(H,13,14). The molecular formula is C11H11N5O3. The monoisotopic (exact) mass is 261 g/mol. The van der Waals surface area contributed by atoms with Gasteiger partial charge in [-0.1, -0.05) is 0 Å². The van der Waals surface area contributed by atoms with E-state index in [1.165, 1.54) is 17.0 Å². The van der Waals surface area contributed by atoms with Crippen molar-refractivity contribution in [1.82, 2.24) is 9.55 Å². The zero-order chi connectivity index (χ0) is 13.8. The SMILES string of the molecule is NNc1ccnc(Cn2ccc(=O)c([N+](=O)[O-])c2)c1. The van der Waals surface area contributed by atoms with Crippen LogP contribution in [0.2, 0.25) is 0 Å². The van der Waals surface area contributed by atoms with Crippen LogP contribution < -0.4 is 16.7 Å². The van der Waals surface area contributed by atoms with Gasteiger partial charge in [-0.25, -0.2) is 0 Å². The largest absolute Gasteiger partial charge is 0.342 e. The van der Waals surface area contributed by atoms with Gasteiger partial charge in [-0.15, -0.1) is 0 Å². The second kappa shape index (κ2) is 5.27. The van der Waals surface area contributed by atoms with Gasteiger partial charge in [-0.05, 0) is 12.1 Å². The maximum absolute atomic E-state index is 11.3. The van der Waals surface area contributed by atoms with Crippen LogP contribution in [0.5, 0.6) is 0 Å². The highest BCUT2D eigenvalue weighted by molar-refractivity contribution is 5.41. The molecule has 2 aromatic heterocycles. The molecule has 3 N–H and O–H groups in total. The van der Waals surface area contributed by atoms with E-state index in [1.807, 2.05) is 0 Å². The van der Waals surface area contributed by atoms with E-state index in [4.69, 9.17) is 5.84 Å². The van der Waals surface area contributed by atoms with Crippen molar-refractivity contribution in [2.75, 3.05) is 5.43 Å². The average molecular weight is 261 g/mol. The minimum absolute atomic E-state index is 0.302. The lowest BCUT2D eigenvalue weighted by Crippen LogP contribution is -2.12. The molecule has 19 heavy (non-hydrogen) atoms. The van der Waals surface area contributed by atoms with Gasteiger partial charge in [0, 0.05) is 18.5 Å². The van der Waals surface area contributed by atoms with Gasteiger partial charge in [0.2, 0.25) is 0 Å². The van der Waals surface area contributed by atoms with Crippen LogP contribution in [0.3, 0.4) is 0 Å². The molecule has 0 fully saturated rings. The highest BCUT2D eigenvalue weighted by Gasteiger charge is 2.11. The number of nitrogens with two attached hydrogens (primary N) is 1. The fraction of sp³-hybridized carbons (Fsp3) is 0.0909. The first-order valence-electron chi connectivity index (χ1n) is 5.36. The minimum atomic E-state index is -0.704. The van der Waals surface area contributed by atoms with E-state index in [-0.39, 0.29) is 0 Å². The summed E-state index contributed by atoms with van der Waals surface area (Å²) in [6.07, 6.45) is 4.23. The summed E-state index contributed by atoms with van der Waals surface area (Å²) in [6, 6.07) is 4.56. The molecular weight excluding hydrogens is 250 g/mol. The number of nitrogens with one attached hydrogen (secondary N) is 1. The molecule has 2 heterocycles. The molecule has 0 unspecified atom stereocenters. The van der Waals surface area contributed by atoms with Gasteiger partial charge in [-0.2, -0.15) is 0 Å². The lowest BCUT2D eigenvalue weighted by Gasteiger charge is -2.06. The topological polar surface area (TPSA) is 116 Å². The van der Waals surface area contributed by atoms with E-state index in [1.54, 1.807) is 18.3 Å². The number of nitro groups is 1. The molecule has 0 saturated heterocycles. The van der Waals surface area contributed by atoms with Crippen molar-refractivity contribution >= 4 is 11.4 Å². The van der Waals surface area contributed by atoms with Crippen molar-refractivity contribution < 1.29 is 4.92 Å². The maximum Gasteiger partial charge on any atom is 0.332 e. The van der Waals surface area contributed by atoms with Gasteiger partial charge < -0.3 is 9.99 Å². The molecule has 2 aromatic rings. The van der Waals surface area contributed by atoms with Gasteiger partial charge in [-0.3, -0.25) is 25.7 Å². The van der Waals surface area contributed by atoms with Crippen molar-refractivity contribution in [3.63, 3.8) is 0 Å². The van der Waals surface area contributed by atoms with Crippen LogP contribution in [0.4, 0.5) is 11.4 Å². The van der Waals surface area contributed by atoms with E-state index < -0.39 is 16.0 Å². The van der Waals surface area contributed by atoms with E-state index in [0.29, 0.717) is 17.9 Å². The van der Waals surface area contributed by atoms with Crippen LogP contribution in [-0.2, 0) is 6.54 Å². The fourth-order valence-corrected chi connectivity index (χ4v) is 1.59. The molecule has 0 radical (unpaired) electrons. The number of nitrogens with zero attached hydrogens (tertiary/aromatic N) is 3. The van der Waals surface area contributed by atoms with Gasteiger partial charge in [0.15, 0.2) is 0 Å². The Morgan fingerprint density at radius 2 is 2.26 bits per heavy atom. The van der Waals surface area contributed by atoms with Gasteiger partial charge in [0.1, 0.15) is 0 Å². The Labute approximate surface area is 107 Å². The van der Waals surface area contributed by atoms with Crippen LogP contribution in [0.25, 0.3) is 0 Å². The first-order valence-corrected chi connectivity index (χ1v) is 5.36. The molecule has 8 heteroatoms. The smallest absolute Gasteiger partial charge is 0.332 e. The third-order valence-corrected chi connectivity index (χ3v) is 2.48. The van der Waals surface area contributed by atoms with Crippen LogP contribution in [0, 0.1) is 10.1 Å². The molecule has 8 nitrogen and oxygen atoms in total. The zero-order valence-corrected chi connectivity index (χ0v) is 9.81. The van der Waals surface area contributed by atoms with Gasteiger partial charge in [0.25, 0.3) is 5.43 Å². The number of hydrogen-bond acceptors (Lipinski definition) is 6. The number of anilines is 1. The summed E-state index contributed by atoms with van der Waals surface area (Å²) in [6.45, 7) is 0.302. The van der Waals surface area contributed by atoms with Crippen molar-refractivity contribution in [2.24, 2.45) is 5.84 Å². The Morgan fingerprint density at radius 3 is 2.95 bits per heavy atom. The summed E-state index contributed by atoms with van der Waals surface area (Å²) < 4.78 is 1.52. The number of nitrogen functional groups attached to an aromatic ring is 1. The van der Waals surface area contributed by atoms with Crippen molar-refractivity contribution in [1.29, 1.82) is 0 Å². The molecule has 0 saturated carbocycles. The normalized spacial score (nSPS) is 10.2. The van der Waals surface area contributed by atoms with E-state index in [9.17, 15) is 14.9 Å². The number of pyridine rings is 2. The molecule has 0 bridgehead atoms. The first kappa shape index (κ1) is 12.7. The molecule has 0 aliphatic rings. The molecule has 0 aliphatic heterocycles. The third-order valence-electron chi connectivity index (χ3n) is 2.48. The molecule has 2 rings (SSSR count). The lowest BCUT2D eigenvalue weighted by atomic mass is 10.3. The zero-order valence-electron chi connectivity index (χ0n) is 9.81. The minimum Gasteiger partial charge on any atom is -0.342 e. The molecule has 0 amide bonds. The summed E-state index contributed by atoms with van der Waals surface area (Å²) in [5.74, 6) is 5.28. The fourth-order valence-electron chi connectivity index (χ4n) is 1.59. The van der Waals surface area contributed by atoms with E-state index in [0.717, 1.165) is 6.07 Å². The Bertz CT molecular complexity index is 667. The van der Waals surface area contributed by atoms with Gasteiger partial charge in [0.05, 0.1) is 29.0 Å². The van der Waals surface area contributed by atoms with Crippen LogP contribution >= 0.6 is 0 Å². The quantitative estimate of drug-likeness (QED) is 0.470. The first-order chi connectivity index (χ1) is 9.10. The second-order valence-electron chi connectivity index (χ2n) is 3.80. The van der Waals surface area contributed by atoms with Crippen LogP contribution in [-0.4, -0.2) is 14.5 Å².